The topological polar surface area (TPSA) is 105 Å². The quantitative estimate of drug-likeness (QED) is 0.552. The van der Waals surface area contributed by atoms with Gasteiger partial charge in [-0.25, -0.2) is 4.68 Å². The average molecular weight is 290 g/mol. The highest BCUT2D eigenvalue weighted by molar-refractivity contribution is 5.98. The van der Waals surface area contributed by atoms with E-state index in [1.165, 1.54) is 11.0 Å². The summed E-state index contributed by atoms with van der Waals surface area (Å²) < 4.78 is 16.4. The van der Waals surface area contributed by atoms with Gasteiger partial charge in [0, 0.05) is 5.56 Å². The molecule has 0 saturated carbocycles. The molecule has 0 radical (unpaired) electrons. The monoisotopic (exact) mass is 290 g/mol. The molecule has 0 fully saturated rings. The number of fused-ring (bicyclic) bond motifs is 1. The minimum absolute atomic E-state index is 0.133. The number of hydrogen-bond donors (Lipinski definition) is 0. The lowest BCUT2D eigenvalue weighted by Crippen LogP contribution is -2.18. The van der Waals surface area contributed by atoms with Gasteiger partial charge in [0.25, 0.3) is 0 Å². The third-order valence-corrected chi connectivity index (χ3v) is 2.74. The fourth-order valence-corrected chi connectivity index (χ4v) is 1.73. The van der Waals surface area contributed by atoms with E-state index in [0.29, 0.717) is 17.1 Å². The zero-order valence-corrected chi connectivity index (χ0v) is 10.8. The second kappa shape index (κ2) is 5.57. The summed E-state index contributed by atoms with van der Waals surface area (Å²) in [5.41, 5.74) is 0.384. The molecule has 1 aliphatic rings. The third-order valence-electron chi connectivity index (χ3n) is 2.74. The second-order valence-electron chi connectivity index (χ2n) is 4.16. The van der Waals surface area contributed by atoms with Crippen molar-refractivity contribution in [3.05, 3.63) is 30.1 Å². The van der Waals surface area contributed by atoms with E-state index in [2.05, 4.69) is 15.5 Å². The molecule has 0 atom stereocenters. The summed E-state index contributed by atoms with van der Waals surface area (Å²) in [4.78, 5) is 23.4. The van der Waals surface area contributed by atoms with Crippen LogP contribution in [0.2, 0.25) is 0 Å². The number of nitrogens with zero attached hydrogens (tertiary/aromatic N) is 4. The number of hydrogen-bond acceptors (Lipinski definition) is 8. The highest BCUT2D eigenvalue weighted by Gasteiger charge is 2.17. The van der Waals surface area contributed by atoms with E-state index >= 15 is 0 Å². The van der Waals surface area contributed by atoms with Crippen LogP contribution in [0, 0.1) is 0 Å². The molecule has 0 saturated heterocycles. The minimum Gasteiger partial charge on any atom is -0.456 e. The van der Waals surface area contributed by atoms with Crippen molar-refractivity contribution in [1.82, 2.24) is 20.2 Å². The largest absolute Gasteiger partial charge is 0.456 e. The summed E-state index contributed by atoms with van der Waals surface area (Å²) in [5, 5.41) is 10.3. The Labute approximate surface area is 118 Å². The predicted molar refractivity (Wildman–Crippen MR) is 65.7 cm³/mol. The van der Waals surface area contributed by atoms with E-state index in [9.17, 15) is 9.59 Å². The lowest BCUT2D eigenvalue weighted by molar-refractivity contribution is -0.143. The van der Waals surface area contributed by atoms with Crippen molar-refractivity contribution >= 4 is 11.8 Å². The van der Waals surface area contributed by atoms with Crippen LogP contribution in [0.3, 0.4) is 0 Å². The summed E-state index contributed by atoms with van der Waals surface area (Å²) in [6.07, 6.45) is 1.28. The van der Waals surface area contributed by atoms with Crippen LogP contribution >= 0.6 is 0 Å². The number of ether oxygens (including phenoxy) is 3. The molecule has 3 rings (SSSR count). The van der Waals surface area contributed by atoms with Crippen molar-refractivity contribution in [3.8, 4) is 11.5 Å². The van der Waals surface area contributed by atoms with Crippen molar-refractivity contribution in [2.24, 2.45) is 0 Å². The van der Waals surface area contributed by atoms with Crippen LogP contribution in [-0.4, -0.2) is 45.4 Å². The molecule has 21 heavy (non-hydrogen) atoms. The van der Waals surface area contributed by atoms with Gasteiger partial charge in [-0.1, -0.05) is 0 Å². The molecule has 1 aromatic carbocycles. The molecular weight excluding hydrogens is 280 g/mol. The summed E-state index contributed by atoms with van der Waals surface area (Å²) in [7, 11) is 0. The fraction of sp³-hybridized carbons (Fsp3) is 0.250. The van der Waals surface area contributed by atoms with Crippen LogP contribution < -0.4 is 9.47 Å². The maximum absolute atomic E-state index is 11.9. The van der Waals surface area contributed by atoms with Gasteiger partial charge in [0.05, 0.1) is 0 Å². The molecule has 0 aliphatic carbocycles. The van der Waals surface area contributed by atoms with Crippen molar-refractivity contribution < 1.29 is 23.8 Å². The Morgan fingerprint density at radius 2 is 2.14 bits per heavy atom. The number of carbonyl (C=O) groups excluding carboxylic acids is 2. The van der Waals surface area contributed by atoms with Gasteiger partial charge in [-0.05, 0) is 28.6 Å². The molecular formula is C12H10N4O5. The molecule has 108 valence electrons. The molecule has 0 unspecified atom stereocenters. The van der Waals surface area contributed by atoms with Gasteiger partial charge >= 0.3 is 5.97 Å². The molecule has 0 bridgehead atoms. The van der Waals surface area contributed by atoms with Crippen LogP contribution in [0.5, 0.6) is 11.5 Å². The molecule has 9 nitrogen and oxygen atoms in total. The molecule has 2 aromatic rings. The van der Waals surface area contributed by atoms with Gasteiger partial charge in [-0.2, -0.15) is 0 Å². The first-order chi connectivity index (χ1) is 10.2. The van der Waals surface area contributed by atoms with Gasteiger partial charge in [0.2, 0.25) is 6.79 Å². The fourth-order valence-electron chi connectivity index (χ4n) is 1.73. The first-order valence-electron chi connectivity index (χ1n) is 6.01. The SMILES string of the molecule is O=C(Cn1cnnn1)OCC(=O)c1ccc2c(c1)OCO2. The Morgan fingerprint density at radius 3 is 2.95 bits per heavy atom. The normalized spacial score (nSPS) is 12.2. The second-order valence-corrected chi connectivity index (χ2v) is 4.16. The minimum atomic E-state index is -0.601. The maximum Gasteiger partial charge on any atom is 0.328 e. The average Bonchev–Trinajstić information content (AvgIpc) is 3.14. The van der Waals surface area contributed by atoms with Crippen LogP contribution in [0.15, 0.2) is 24.5 Å². The Kier molecular flexibility index (Phi) is 3.46. The first kappa shape index (κ1) is 13.0. The van der Waals surface area contributed by atoms with E-state index in [-0.39, 0.29) is 25.7 Å². The number of esters is 1. The van der Waals surface area contributed by atoms with E-state index in [1.807, 2.05) is 0 Å². The molecule has 0 N–H and O–H groups in total. The van der Waals surface area contributed by atoms with Crippen LogP contribution in [-0.2, 0) is 16.1 Å². The molecule has 9 heteroatoms. The highest BCUT2D eigenvalue weighted by Crippen LogP contribution is 2.32. The van der Waals surface area contributed by atoms with Crippen LogP contribution in [0.25, 0.3) is 0 Å². The smallest absolute Gasteiger partial charge is 0.328 e. The molecule has 0 spiro atoms. The highest BCUT2D eigenvalue weighted by atomic mass is 16.7. The summed E-state index contributed by atoms with van der Waals surface area (Å²) >= 11 is 0. The Balaban J connectivity index is 1.55. The van der Waals surface area contributed by atoms with Crippen molar-refractivity contribution in [2.75, 3.05) is 13.4 Å². The molecule has 0 amide bonds. The number of carbonyl (C=O) groups is 2. The van der Waals surface area contributed by atoms with Gasteiger partial charge in [0.15, 0.2) is 23.9 Å². The molecule has 1 aromatic heterocycles. The van der Waals surface area contributed by atoms with Crippen molar-refractivity contribution in [2.45, 2.75) is 6.54 Å². The van der Waals surface area contributed by atoms with E-state index in [0.717, 1.165) is 0 Å². The number of aromatic nitrogens is 4. The molecule has 2 heterocycles. The summed E-state index contributed by atoms with van der Waals surface area (Å²) in [6.45, 7) is -0.379. The van der Waals surface area contributed by atoms with Gasteiger partial charge in [-0.3, -0.25) is 9.59 Å². The van der Waals surface area contributed by atoms with Crippen LogP contribution in [0.1, 0.15) is 10.4 Å². The Morgan fingerprint density at radius 1 is 1.29 bits per heavy atom. The Bertz CT molecular complexity index is 670. The number of ketones is 1. The van der Waals surface area contributed by atoms with E-state index in [1.54, 1.807) is 18.2 Å². The standard InChI is InChI=1S/C12H10N4O5/c17-9(5-19-12(18)4-16-6-13-14-15-16)8-1-2-10-11(3-8)21-7-20-10/h1-3,6H,4-5,7H2. The van der Waals surface area contributed by atoms with Crippen molar-refractivity contribution in [1.29, 1.82) is 0 Å². The molecule has 1 aliphatic heterocycles. The van der Waals surface area contributed by atoms with Crippen molar-refractivity contribution in [3.63, 3.8) is 0 Å². The van der Waals surface area contributed by atoms with Crippen LogP contribution in [0.4, 0.5) is 0 Å². The number of benzene rings is 1. The van der Waals surface area contributed by atoms with Gasteiger partial charge in [-0.15, -0.1) is 5.10 Å². The van der Waals surface area contributed by atoms with E-state index in [4.69, 9.17) is 14.2 Å². The zero-order valence-electron chi connectivity index (χ0n) is 10.8. The lowest BCUT2D eigenvalue weighted by Gasteiger charge is -2.04. The first-order valence-corrected chi connectivity index (χ1v) is 6.01. The predicted octanol–water partition coefficient (Wildman–Crippen LogP) is -0.172. The zero-order chi connectivity index (χ0) is 14.7. The summed E-state index contributed by atoms with van der Waals surface area (Å²) in [5.74, 6) is 0.151. The number of rotatable bonds is 5. The van der Waals surface area contributed by atoms with Gasteiger partial charge < -0.3 is 14.2 Å². The number of Topliss-reactive ketones (excluding diaryl/α,β-unsaturated/α-hetero) is 1. The van der Waals surface area contributed by atoms with E-state index < -0.39 is 5.97 Å². The maximum atomic E-state index is 11.9. The van der Waals surface area contributed by atoms with Gasteiger partial charge in [0.1, 0.15) is 12.9 Å². The number of tetrazole rings is 1. The lowest BCUT2D eigenvalue weighted by atomic mass is 10.1. The Hall–Kier alpha value is -2.97. The summed E-state index contributed by atoms with van der Waals surface area (Å²) in [6, 6.07) is 4.78. The third kappa shape index (κ3) is 2.96.